The number of carbonyl (C=O) groups excluding carboxylic acids is 1. The van der Waals surface area contributed by atoms with Crippen molar-refractivity contribution in [1.82, 2.24) is 14.7 Å². The van der Waals surface area contributed by atoms with Crippen LogP contribution in [0.3, 0.4) is 0 Å². The molecule has 0 radical (unpaired) electrons. The molecule has 0 atom stereocenters. The minimum Gasteiger partial charge on any atom is -0.494 e. The Kier molecular flexibility index (Phi) is 6.15. The first-order chi connectivity index (χ1) is 16.2. The number of para-hydroxylation sites is 2. The summed E-state index contributed by atoms with van der Waals surface area (Å²) in [7, 11) is 0. The molecule has 4 aromatic rings. The van der Waals surface area contributed by atoms with Crippen LogP contribution in [0.4, 0.5) is 5.82 Å². The zero-order valence-electron chi connectivity index (χ0n) is 19.0. The van der Waals surface area contributed by atoms with Crippen molar-refractivity contribution in [3.63, 3.8) is 0 Å². The smallest absolute Gasteiger partial charge is 0.223 e. The fourth-order valence-electron chi connectivity index (χ4n) is 4.55. The largest absolute Gasteiger partial charge is 0.494 e. The molecule has 6 heteroatoms. The van der Waals surface area contributed by atoms with Crippen molar-refractivity contribution in [3.8, 4) is 5.75 Å². The van der Waals surface area contributed by atoms with Gasteiger partial charge in [0.25, 0.3) is 0 Å². The minimum absolute atomic E-state index is 0.0386. The normalized spacial score (nSPS) is 14.6. The van der Waals surface area contributed by atoms with Gasteiger partial charge in [-0.1, -0.05) is 31.2 Å². The fourth-order valence-corrected chi connectivity index (χ4v) is 4.55. The van der Waals surface area contributed by atoms with Gasteiger partial charge in [0.15, 0.2) is 5.82 Å². The van der Waals surface area contributed by atoms with E-state index in [-0.39, 0.29) is 11.8 Å². The van der Waals surface area contributed by atoms with Gasteiger partial charge in [-0.25, -0.2) is 4.98 Å². The van der Waals surface area contributed by atoms with Crippen LogP contribution in [0.2, 0.25) is 0 Å². The van der Waals surface area contributed by atoms with Gasteiger partial charge >= 0.3 is 0 Å². The third-order valence-corrected chi connectivity index (χ3v) is 6.37. The molecule has 0 unspecified atom stereocenters. The summed E-state index contributed by atoms with van der Waals surface area (Å²) in [5.74, 6) is 2.05. The number of hydrogen-bond donors (Lipinski definition) is 1. The van der Waals surface area contributed by atoms with Gasteiger partial charge in [-0.15, -0.1) is 0 Å². The number of nitrogens with zero attached hydrogens (tertiary/aromatic N) is 3. The average Bonchev–Trinajstić information content (AvgIpc) is 3.37. The molecule has 0 spiro atoms. The van der Waals surface area contributed by atoms with E-state index in [1.807, 2.05) is 36.4 Å². The maximum absolute atomic E-state index is 12.8. The SMILES string of the molecule is CCCOc1ccc(CNC(=O)C2CCN(c3nc4ccccc4n4cccc34)CC2)cc1. The van der Waals surface area contributed by atoms with E-state index >= 15 is 0 Å². The Morgan fingerprint density at radius 2 is 1.79 bits per heavy atom. The lowest BCUT2D eigenvalue weighted by atomic mass is 9.95. The first-order valence-corrected chi connectivity index (χ1v) is 11.8. The molecule has 6 nitrogen and oxygen atoms in total. The summed E-state index contributed by atoms with van der Waals surface area (Å²) in [5, 5.41) is 3.12. The standard InChI is InChI=1S/C27H30N4O2/c1-2-18-33-22-11-9-20(10-12-22)19-28-27(32)21-13-16-30(17-14-21)26-25-8-5-15-31(25)24-7-4-3-6-23(24)29-26/h3-12,15,21H,2,13-14,16-19H2,1H3,(H,28,32). The van der Waals surface area contributed by atoms with Crippen LogP contribution in [0.1, 0.15) is 31.7 Å². The quantitative estimate of drug-likeness (QED) is 0.446. The highest BCUT2D eigenvalue weighted by molar-refractivity contribution is 5.85. The second kappa shape index (κ2) is 9.53. The summed E-state index contributed by atoms with van der Waals surface area (Å²) in [6, 6.07) is 20.4. The molecule has 1 saturated heterocycles. The van der Waals surface area contributed by atoms with Crippen molar-refractivity contribution in [2.75, 3.05) is 24.6 Å². The lowest BCUT2D eigenvalue weighted by Gasteiger charge is -2.32. The van der Waals surface area contributed by atoms with Crippen molar-refractivity contribution in [2.45, 2.75) is 32.7 Å². The van der Waals surface area contributed by atoms with Gasteiger partial charge in [0.2, 0.25) is 5.91 Å². The second-order valence-electron chi connectivity index (χ2n) is 8.66. The molecule has 33 heavy (non-hydrogen) atoms. The number of aromatic nitrogens is 2. The molecule has 1 aliphatic heterocycles. The maximum Gasteiger partial charge on any atom is 0.223 e. The first kappa shape index (κ1) is 21.3. The van der Waals surface area contributed by atoms with E-state index in [9.17, 15) is 4.79 Å². The molecule has 1 N–H and O–H groups in total. The number of fused-ring (bicyclic) bond motifs is 3. The van der Waals surface area contributed by atoms with Gasteiger partial charge in [0.05, 0.1) is 23.2 Å². The Labute approximate surface area is 194 Å². The van der Waals surface area contributed by atoms with Gasteiger partial charge in [-0.2, -0.15) is 0 Å². The molecular weight excluding hydrogens is 412 g/mol. The summed E-state index contributed by atoms with van der Waals surface area (Å²) in [5.41, 5.74) is 4.30. The van der Waals surface area contributed by atoms with Gasteiger partial charge in [-0.05, 0) is 61.2 Å². The van der Waals surface area contributed by atoms with E-state index in [2.05, 4.69) is 52.0 Å². The van der Waals surface area contributed by atoms with Gasteiger partial charge in [-0.3, -0.25) is 4.79 Å². The predicted molar refractivity (Wildman–Crippen MR) is 132 cm³/mol. The number of anilines is 1. The Balaban J connectivity index is 1.19. The summed E-state index contributed by atoms with van der Waals surface area (Å²) >= 11 is 0. The molecular formula is C27H30N4O2. The molecule has 1 amide bonds. The van der Waals surface area contributed by atoms with Crippen molar-refractivity contribution in [3.05, 3.63) is 72.4 Å². The molecule has 2 aromatic carbocycles. The Bertz CT molecular complexity index is 1240. The van der Waals surface area contributed by atoms with Crippen LogP contribution < -0.4 is 15.0 Å². The monoisotopic (exact) mass is 442 g/mol. The van der Waals surface area contributed by atoms with Crippen LogP contribution >= 0.6 is 0 Å². The van der Waals surface area contributed by atoms with E-state index in [0.717, 1.165) is 72.6 Å². The number of benzene rings is 2. The highest BCUT2D eigenvalue weighted by atomic mass is 16.5. The number of amides is 1. The van der Waals surface area contributed by atoms with Crippen molar-refractivity contribution >= 4 is 28.3 Å². The summed E-state index contributed by atoms with van der Waals surface area (Å²) in [6.45, 7) is 5.01. The van der Waals surface area contributed by atoms with Gasteiger partial charge < -0.3 is 19.4 Å². The molecule has 1 aliphatic rings. The lowest BCUT2D eigenvalue weighted by Crippen LogP contribution is -2.40. The molecule has 170 valence electrons. The molecule has 1 fully saturated rings. The Morgan fingerprint density at radius 1 is 1.03 bits per heavy atom. The highest BCUT2D eigenvalue weighted by Crippen LogP contribution is 2.29. The molecule has 0 saturated carbocycles. The minimum atomic E-state index is 0.0386. The Morgan fingerprint density at radius 3 is 2.58 bits per heavy atom. The molecule has 3 heterocycles. The second-order valence-corrected chi connectivity index (χ2v) is 8.66. The van der Waals surface area contributed by atoms with E-state index in [4.69, 9.17) is 9.72 Å². The van der Waals surface area contributed by atoms with E-state index in [1.165, 1.54) is 0 Å². The number of ether oxygens (including phenoxy) is 1. The van der Waals surface area contributed by atoms with Gasteiger partial charge in [0, 0.05) is 31.7 Å². The average molecular weight is 443 g/mol. The first-order valence-electron chi connectivity index (χ1n) is 11.8. The zero-order valence-corrected chi connectivity index (χ0v) is 19.0. The highest BCUT2D eigenvalue weighted by Gasteiger charge is 2.26. The van der Waals surface area contributed by atoms with Crippen LogP contribution in [0.25, 0.3) is 16.6 Å². The molecule has 0 bridgehead atoms. The van der Waals surface area contributed by atoms with E-state index in [0.29, 0.717) is 6.54 Å². The topological polar surface area (TPSA) is 58.9 Å². The van der Waals surface area contributed by atoms with E-state index < -0.39 is 0 Å². The fraction of sp³-hybridized carbons (Fsp3) is 0.333. The van der Waals surface area contributed by atoms with Crippen LogP contribution in [0.5, 0.6) is 5.75 Å². The summed E-state index contributed by atoms with van der Waals surface area (Å²) in [4.78, 5) is 20.1. The Hall–Kier alpha value is -3.54. The van der Waals surface area contributed by atoms with E-state index in [1.54, 1.807) is 0 Å². The third-order valence-electron chi connectivity index (χ3n) is 6.37. The van der Waals surface area contributed by atoms with Crippen LogP contribution in [-0.4, -0.2) is 35.0 Å². The number of nitrogens with one attached hydrogen (secondary N) is 1. The third kappa shape index (κ3) is 4.51. The van der Waals surface area contributed by atoms with Crippen molar-refractivity contribution < 1.29 is 9.53 Å². The molecule has 0 aliphatic carbocycles. The van der Waals surface area contributed by atoms with Crippen molar-refractivity contribution in [1.29, 1.82) is 0 Å². The molecule has 2 aromatic heterocycles. The zero-order chi connectivity index (χ0) is 22.6. The number of piperidine rings is 1. The molecule has 5 rings (SSSR count). The summed E-state index contributed by atoms with van der Waals surface area (Å²) in [6.07, 6.45) is 4.74. The number of carbonyl (C=O) groups is 1. The lowest BCUT2D eigenvalue weighted by molar-refractivity contribution is -0.125. The van der Waals surface area contributed by atoms with Crippen LogP contribution in [0, 0.1) is 5.92 Å². The van der Waals surface area contributed by atoms with Gasteiger partial charge in [0.1, 0.15) is 5.75 Å². The maximum atomic E-state index is 12.8. The van der Waals surface area contributed by atoms with Crippen LogP contribution in [-0.2, 0) is 11.3 Å². The van der Waals surface area contributed by atoms with Crippen LogP contribution in [0.15, 0.2) is 66.9 Å². The summed E-state index contributed by atoms with van der Waals surface area (Å²) < 4.78 is 7.83. The van der Waals surface area contributed by atoms with Crippen molar-refractivity contribution in [2.24, 2.45) is 5.92 Å². The number of hydrogen-bond acceptors (Lipinski definition) is 4. The predicted octanol–water partition coefficient (Wildman–Crippen LogP) is 4.81. The number of rotatable bonds is 7.